The van der Waals surface area contributed by atoms with Crippen molar-refractivity contribution in [2.24, 2.45) is 0 Å². The molecule has 1 aromatic carbocycles. The fraction of sp³-hybridized carbons (Fsp3) is 0.417. The lowest BCUT2D eigenvalue weighted by Crippen LogP contribution is -2.14. The molecular weight excluding hydrogens is 208 g/mol. The summed E-state index contributed by atoms with van der Waals surface area (Å²) in [6, 6.07) is 6.39. The number of aliphatic carboxylic acids is 1. The smallest absolute Gasteiger partial charge is 0.306 e. The molecule has 0 fully saturated rings. The second-order valence-corrected chi connectivity index (χ2v) is 3.86. The van der Waals surface area contributed by atoms with Crippen LogP contribution in [0.4, 0.5) is 0 Å². The highest BCUT2D eigenvalue weighted by Crippen LogP contribution is 2.24. The quantitative estimate of drug-likeness (QED) is 0.805. The van der Waals surface area contributed by atoms with Crippen molar-refractivity contribution in [3.8, 4) is 5.75 Å². The van der Waals surface area contributed by atoms with Crippen molar-refractivity contribution >= 4 is 5.97 Å². The summed E-state index contributed by atoms with van der Waals surface area (Å²) in [5.74, 6) is -0.749. The fourth-order valence-electron chi connectivity index (χ4n) is 1.42. The molecule has 2 N–H and O–H groups in total. The van der Waals surface area contributed by atoms with E-state index in [-0.39, 0.29) is 18.3 Å². The SMILES string of the molecule is CC(C)O[C@@H](CC(=O)O)c1ccc(O)cc1. The molecule has 0 aliphatic heterocycles. The second-order valence-electron chi connectivity index (χ2n) is 3.86. The molecule has 0 amide bonds. The van der Waals surface area contributed by atoms with E-state index in [2.05, 4.69) is 0 Å². The molecule has 0 spiro atoms. The lowest BCUT2D eigenvalue weighted by Gasteiger charge is -2.19. The van der Waals surface area contributed by atoms with Crippen LogP contribution in [0.5, 0.6) is 5.75 Å². The molecule has 88 valence electrons. The molecule has 1 aromatic rings. The van der Waals surface area contributed by atoms with Gasteiger partial charge in [-0.3, -0.25) is 4.79 Å². The lowest BCUT2D eigenvalue weighted by atomic mass is 10.1. The van der Waals surface area contributed by atoms with E-state index in [0.717, 1.165) is 5.56 Å². The Labute approximate surface area is 94.5 Å². The van der Waals surface area contributed by atoms with Crippen LogP contribution in [0.15, 0.2) is 24.3 Å². The highest BCUT2D eigenvalue weighted by Gasteiger charge is 2.17. The number of hydrogen-bond donors (Lipinski definition) is 2. The molecule has 0 aromatic heterocycles. The van der Waals surface area contributed by atoms with E-state index in [1.165, 1.54) is 12.1 Å². The van der Waals surface area contributed by atoms with Gasteiger partial charge in [0.15, 0.2) is 0 Å². The lowest BCUT2D eigenvalue weighted by molar-refractivity contribution is -0.141. The van der Waals surface area contributed by atoms with E-state index in [0.29, 0.717) is 0 Å². The van der Waals surface area contributed by atoms with Crippen LogP contribution >= 0.6 is 0 Å². The molecular formula is C12H16O4. The van der Waals surface area contributed by atoms with Crippen molar-refractivity contribution in [2.45, 2.75) is 32.5 Å². The maximum Gasteiger partial charge on any atom is 0.306 e. The number of carboxylic acid groups (broad SMARTS) is 1. The van der Waals surface area contributed by atoms with Gasteiger partial charge >= 0.3 is 5.97 Å². The van der Waals surface area contributed by atoms with Crippen LogP contribution in [-0.4, -0.2) is 22.3 Å². The van der Waals surface area contributed by atoms with Crippen LogP contribution in [0.3, 0.4) is 0 Å². The molecule has 1 rings (SSSR count). The van der Waals surface area contributed by atoms with Crippen LogP contribution in [0.1, 0.15) is 31.9 Å². The van der Waals surface area contributed by atoms with Crippen molar-refractivity contribution in [1.82, 2.24) is 0 Å². The average molecular weight is 224 g/mol. The Balaban J connectivity index is 2.82. The highest BCUT2D eigenvalue weighted by atomic mass is 16.5. The average Bonchev–Trinajstić information content (AvgIpc) is 2.16. The van der Waals surface area contributed by atoms with Gasteiger partial charge in [-0.1, -0.05) is 12.1 Å². The number of ether oxygens (including phenoxy) is 1. The van der Waals surface area contributed by atoms with Gasteiger partial charge in [0.2, 0.25) is 0 Å². The van der Waals surface area contributed by atoms with Crippen LogP contribution in [-0.2, 0) is 9.53 Å². The number of carboxylic acids is 1. The molecule has 0 aliphatic carbocycles. The monoisotopic (exact) mass is 224 g/mol. The Morgan fingerprint density at radius 2 is 1.88 bits per heavy atom. The third-order valence-electron chi connectivity index (χ3n) is 2.06. The Bertz CT molecular complexity index is 343. The first kappa shape index (κ1) is 12.5. The minimum absolute atomic E-state index is 0.0434. The van der Waals surface area contributed by atoms with Gasteiger partial charge in [-0.15, -0.1) is 0 Å². The third-order valence-corrected chi connectivity index (χ3v) is 2.06. The summed E-state index contributed by atoms with van der Waals surface area (Å²) >= 11 is 0. The Morgan fingerprint density at radius 3 is 2.31 bits per heavy atom. The van der Waals surface area contributed by atoms with E-state index < -0.39 is 12.1 Å². The van der Waals surface area contributed by atoms with Gasteiger partial charge in [0.05, 0.1) is 18.6 Å². The van der Waals surface area contributed by atoms with Crippen molar-refractivity contribution in [3.05, 3.63) is 29.8 Å². The zero-order chi connectivity index (χ0) is 12.1. The first-order valence-corrected chi connectivity index (χ1v) is 5.15. The Morgan fingerprint density at radius 1 is 1.31 bits per heavy atom. The highest BCUT2D eigenvalue weighted by molar-refractivity contribution is 5.67. The summed E-state index contributed by atoms with van der Waals surface area (Å²) in [5, 5.41) is 17.9. The topological polar surface area (TPSA) is 66.8 Å². The number of phenolic OH excluding ortho intramolecular Hbond substituents is 1. The number of aromatic hydroxyl groups is 1. The zero-order valence-corrected chi connectivity index (χ0v) is 9.38. The van der Waals surface area contributed by atoms with E-state index in [1.807, 2.05) is 13.8 Å². The molecule has 4 heteroatoms. The summed E-state index contributed by atoms with van der Waals surface area (Å²) in [7, 11) is 0. The summed E-state index contributed by atoms with van der Waals surface area (Å²) in [4.78, 5) is 10.7. The first-order chi connectivity index (χ1) is 7.49. The molecule has 0 bridgehead atoms. The van der Waals surface area contributed by atoms with Gasteiger partial charge in [0.1, 0.15) is 5.75 Å². The van der Waals surface area contributed by atoms with Crippen LogP contribution in [0, 0.1) is 0 Å². The Hall–Kier alpha value is -1.55. The minimum atomic E-state index is -0.904. The molecule has 16 heavy (non-hydrogen) atoms. The number of phenols is 1. The van der Waals surface area contributed by atoms with Crippen molar-refractivity contribution in [2.75, 3.05) is 0 Å². The second kappa shape index (κ2) is 5.51. The number of hydrogen-bond acceptors (Lipinski definition) is 3. The third kappa shape index (κ3) is 3.90. The first-order valence-electron chi connectivity index (χ1n) is 5.15. The predicted molar refractivity (Wildman–Crippen MR) is 59.3 cm³/mol. The van der Waals surface area contributed by atoms with Gasteiger partial charge in [0.25, 0.3) is 0 Å². The van der Waals surface area contributed by atoms with E-state index in [4.69, 9.17) is 14.9 Å². The molecule has 0 heterocycles. The predicted octanol–water partition coefficient (Wildman–Crippen LogP) is 2.33. The largest absolute Gasteiger partial charge is 0.508 e. The van der Waals surface area contributed by atoms with Crippen molar-refractivity contribution in [3.63, 3.8) is 0 Å². The molecule has 0 unspecified atom stereocenters. The van der Waals surface area contributed by atoms with Crippen LogP contribution < -0.4 is 0 Å². The molecule has 0 saturated heterocycles. The van der Waals surface area contributed by atoms with E-state index >= 15 is 0 Å². The molecule has 1 atom stereocenters. The summed E-state index contributed by atoms with van der Waals surface area (Å²) in [6.07, 6.45) is -0.598. The number of carbonyl (C=O) groups is 1. The standard InChI is InChI=1S/C12H16O4/c1-8(2)16-11(7-12(14)15)9-3-5-10(13)6-4-9/h3-6,8,11,13H,7H2,1-2H3,(H,14,15)/t11-/m0/s1. The maximum atomic E-state index is 10.7. The Kier molecular flexibility index (Phi) is 4.31. The molecule has 0 radical (unpaired) electrons. The minimum Gasteiger partial charge on any atom is -0.508 e. The summed E-state index contributed by atoms with van der Waals surface area (Å²) < 4.78 is 5.52. The van der Waals surface area contributed by atoms with Gasteiger partial charge in [-0.05, 0) is 31.5 Å². The molecule has 4 nitrogen and oxygen atoms in total. The van der Waals surface area contributed by atoms with Gasteiger partial charge in [0, 0.05) is 0 Å². The normalized spacial score (nSPS) is 12.7. The summed E-state index contributed by atoms with van der Waals surface area (Å²) in [6.45, 7) is 3.71. The zero-order valence-electron chi connectivity index (χ0n) is 9.38. The summed E-state index contributed by atoms with van der Waals surface area (Å²) in [5.41, 5.74) is 0.758. The molecule has 0 saturated carbocycles. The number of benzene rings is 1. The van der Waals surface area contributed by atoms with Gasteiger partial charge in [-0.25, -0.2) is 0 Å². The van der Waals surface area contributed by atoms with Crippen molar-refractivity contribution < 1.29 is 19.7 Å². The van der Waals surface area contributed by atoms with Gasteiger partial charge in [-0.2, -0.15) is 0 Å². The fourth-order valence-corrected chi connectivity index (χ4v) is 1.42. The van der Waals surface area contributed by atoms with Crippen LogP contribution in [0.2, 0.25) is 0 Å². The number of rotatable bonds is 5. The van der Waals surface area contributed by atoms with Crippen molar-refractivity contribution in [1.29, 1.82) is 0 Å². The maximum absolute atomic E-state index is 10.7. The van der Waals surface area contributed by atoms with Crippen LogP contribution in [0.25, 0.3) is 0 Å². The van der Waals surface area contributed by atoms with Gasteiger partial charge < -0.3 is 14.9 Å². The van der Waals surface area contributed by atoms with E-state index in [9.17, 15) is 4.79 Å². The van der Waals surface area contributed by atoms with E-state index in [1.54, 1.807) is 12.1 Å². The molecule has 0 aliphatic rings.